The van der Waals surface area contributed by atoms with Crippen LogP contribution in [0, 0.1) is 5.82 Å². The smallest absolute Gasteiger partial charge is 0.290 e. The van der Waals surface area contributed by atoms with E-state index in [0.717, 1.165) is 42.7 Å². The summed E-state index contributed by atoms with van der Waals surface area (Å²) in [5.41, 5.74) is 1.80. The van der Waals surface area contributed by atoms with Gasteiger partial charge in [0.2, 0.25) is 5.13 Å². The summed E-state index contributed by atoms with van der Waals surface area (Å²) in [6, 6.07) is 14.1. The second-order valence-electron chi connectivity index (χ2n) is 8.03. The van der Waals surface area contributed by atoms with E-state index in [4.69, 9.17) is 28.2 Å². The van der Waals surface area contributed by atoms with E-state index in [-0.39, 0.29) is 15.6 Å². The van der Waals surface area contributed by atoms with E-state index in [1.807, 2.05) is 30.3 Å². The summed E-state index contributed by atoms with van der Waals surface area (Å²) in [6.07, 6.45) is 0. The van der Waals surface area contributed by atoms with Crippen molar-refractivity contribution < 1.29 is 4.39 Å². The van der Waals surface area contributed by atoms with Gasteiger partial charge in [-0.25, -0.2) is 9.07 Å². The van der Waals surface area contributed by atoms with E-state index in [1.165, 1.54) is 34.4 Å². The molecule has 1 saturated heterocycles. The van der Waals surface area contributed by atoms with Crippen molar-refractivity contribution in [3.63, 3.8) is 0 Å². The molecule has 0 saturated carbocycles. The van der Waals surface area contributed by atoms with Gasteiger partial charge in [-0.15, -0.1) is 0 Å². The lowest BCUT2D eigenvalue weighted by molar-refractivity contribution is 0.243. The molecular weight excluding hydrogens is 498 g/mol. The summed E-state index contributed by atoms with van der Waals surface area (Å²) < 4.78 is 21.2. The molecule has 1 aliphatic heterocycles. The molecule has 176 valence electrons. The van der Waals surface area contributed by atoms with Crippen LogP contribution in [0.5, 0.6) is 0 Å². The molecule has 4 aromatic rings. The fraction of sp³-hybridized carbons (Fsp3) is 0.261. The Kier molecular flexibility index (Phi) is 6.44. The zero-order chi connectivity index (χ0) is 23.8. The van der Waals surface area contributed by atoms with Crippen LogP contribution in [0.1, 0.15) is 5.69 Å². The molecule has 0 unspecified atom stereocenters. The number of anilines is 1. The zero-order valence-electron chi connectivity index (χ0n) is 18.3. The fourth-order valence-corrected chi connectivity index (χ4v) is 5.23. The van der Waals surface area contributed by atoms with Gasteiger partial charge < -0.3 is 4.90 Å². The predicted molar refractivity (Wildman–Crippen MR) is 134 cm³/mol. The monoisotopic (exact) mass is 518 g/mol. The van der Waals surface area contributed by atoms with Crippen LogP contribution in [-0.2, 0) is 13.6 Å². The molecule has 5 rings (SSSR count). The van der Waals surface area contributed by atoms with Crippen LogP contribution >= 0.6 is 34.7 Å². The van der Waals surface area contributed by atoms with Crippen LogP contribution in [0.25, 0.3) is 17.1 Å². The van der Waals surface area contributed by atoms with E-state index >= 15 is 0 Å². The highest BCUT2D eigenvalue weighted by atomic mass is 35.5. The summed E-state index contributed by atoms with van der Waals surface area (Å²) >= 11 is 13.8. The summed E-state index contributed by atoms with van der Waals surface area (Å²) in [5, 5.41) is 1.01. The molecule has 0 aliphatic carbocycles. The first-order chi connectivity index (χ1) is 16.4. The maximum absolute atomic E-state index is 13.6. The van der Waals surface area contributed by atoms with Gasteiger partial charge in [-0.2, -0.15) is 9.36 Å². The molecular formula is C23H21Cl2FN6OS. The maximum Gasteiger partial charge on any atom is 0.290 e. The molecule has 2 aromatic heterocycles. The van der Waals surface area contributed by atoms with Crippen LogP contribution in [0.2, 0.25) is 10.0 Å². The first-order valence-electron chi connectivity index (χ1n) is 10.7. The van der Waals surface area contributed by atoms with Crippen LogP contribution in [-0.4, -0.2) is 49.8 Å². The van der Waals surface area contributed by atoms with E-state index in [0.29, 0.717) is 17.9 Å². The van der Waals surface area contributed by atoms with Crippen molar-refractivity contribution in [2.45, 2.75) is 6.54 Å². The van der Waals surface area contributed by atoms with Crippen LogP contribution in [0.15, 0.2) is 53.3 Å². The number of aromatic nitrogens is 4. The molecule has 3 heterocycles. The Morgan fingerprint density at radius 2 is 1.79 bits per heavy atom. The first-order valence-corrected chi connectivity index (χ1v) is 12.2. The molecule has 7 nitrogen and oxygen atoms in total. The number of halogens is 3. The third-order valence-electron chi connectivity index (χ3n) is 5.94. The molecule has 0 N–H and O–H groups in total. The lowest BCUT2D eigenvalue weighted by Gasteiger charge is -2.34. The number of benzene rings is 2. The second kappa shape index (κ2) is 9.50. The molecule has 11 heteroatoms. The van der Waals surface area contributed by atoms with Crippen LogP contribution in [0.4, 0.5) is 9.52 Å². The number of hydrogen-bond donors (Lipinski definition) is 0. The molecule has 0 bridgehead atoms. The highest BCUT2D eigenvalue weighted by Crippen LogP contribution is 2.26. The molecule has 0 atom stereocenters. The van der Waals surface area contributed by atoms with Gasteiger partial charge in [0.05, 0.1) is 16.4 Å². The highest BCUT2D eigenvalue weighted by Gasteiger charge is 2.24. The van der Waals surface area contributed by atoms with Crippen molar-refractivity contribution in [1.82, 2.24) is 23.6 Å². The Morgan fingerprint density at radius 1 is 1.06 bits per heavy atom. The van der Waals surface area contributed by atoms with Crippen molar-refractivity contribution in [2.24, 2.45) is 7.05 Å². The molecule has 0 spiro atoms. The minimum atomic E-state index is -0.539. The number of rotatable bonds is 5. The van der Waals surface area contributed by atoms with Gasteiger partial charge in [-0.3, -0.25) is 14.4 Å². The molecule has 34 heavy (non-hydrogen) atoms. The largest absolute Gasteiger partial charge is 0.344 e. The summed E-state index contributed by atoms with van der Waals surface area (Å²) in [5.74, 6) is 0.204. The summed E-state index contributed by atoms with van der Waals surface area (Å²) in [7, 11) is 1.77. The third-order valence-corrected chi connectivity index (χ3v) is 7.38. The maximum atomic E-state index is 13.6. The van der Waals surface area contributed by atoms with Gasteiger partial charge in [0, 0.05) is 56.9 Å². The number of hydrogen-bond acceptors (Lipinski definition) is 6. The predicted octanol–water partition coefficient (Wildman–Crippen LogP) is 4.46. The van der Waals surface area contributed by atoms with Crippen molar-refractivity contribution in [3.8, 4) is 17.1 Å². The standard InChI is InChI=1S/C23H21Cl2FN6OS/c1-29-19(20(25)22(33)32(29)16-7-8-18(26)17(24)13-16)14-30-9-11-31(12-10-30)23-27-21(28-34-23)15-5-3-2-4-6-15/h2-8,13H,9-12,14H2,1H3. The lowest BCUT2D eigenvalue weighted by Crippen LogP contribution is -2.46. The van der Waals surface area contributed by atoms with Gasteiger partial charge in [-0.1, -0.05) is 53.5 Å². The quantitative estimate of drug-likeness (QED) is 0.390. The Hall–Kier alpha value is -2.72. The van der Waals surface area contributed by atoms with Crippen molar-refractivity contribution in [2.75, 3.05) is 31.1 Å². The van der Waals surface area contributed by atoms with Crippen LogP contribution in [0.3, 0.4) is 0 Å². The first kappa shape index (κ1) is 23.0. The Morgan fingerprint density at radius 3 is 2.50 bits per heavy atom. The van der Waals surface area contributed by atoms with Crippen molar-refractivity contribution in [1.29, 1.82) is 0 Å². The third kappa shape index (κ3) is 4.36. The second-order valence-corrected chi connectivity index (χ2v) is 9.54. The molecule has 0 amide bonds. The average molecular weight is 519 g/mol. The molecule has 2 aromatic carbocycles. The topological polar surface area (TPSA) is 59.2 Å². The van der Waals surface area contributed by atoms with E-state index in [2.05, 4.69) is 14.2 Å². The van der Waals surface area contributed by atoms with Crippen molar-refractivity contribution in [3.05, 3.63) is 80.4 Å². The van der Waals surface area contributed by atoms with Crippen LogP contribution < -0.4 is 10.5 Å². The fourth-order valence-electron chi connectivity index (χ4n) is 4.05. The van der Waals surface area contributed by atoms with Gasteiger partial charge in [-0.05, 0) is 18.2 Å². The zero-order valence-corrected chi connectivity index (χ0v) is 20.6. The summed E-state index contributed by atoms with van der Waals surface area (Å²) in [4.78, 5) is 22.0. The minimum absolute atomic E-state index is 0.0495. The Balaban J connectivity index is 1.29. The molecule has 0 radical (unpaired) electrons. The SMILES string of the molecule is Cn1c(CN2CCN(c3nc(-c4ccccc4)ns3)CC2)c(Cl)c(=O)n1-c1ccc(F)c(Cl)c1. The van der Waals surface area contributed by atoms with Gasteiger partial charge in [0.1, 0.15) is 10.8 Å². The molecule has 1 fully saturated rings. The summed E-state index contributed by atoms with van der Waals surface area (Å²) in [6.45, 7) is 3.69. The Labute approximate surface area is 209 Å². The average Bonchev–Trinajstić information content (AvgIpc) is 3.42. The van der Waals surface area contributed by atoms with E-state index in [9.17, 15) is 9.18 Å². The molecule has 1 aliphatic rings. The minimum Gasteiger partial charge on any atom is -0.344 e. The van der Waals surface area contributed by atoms with Gasteiger partial charge in [0.15, 0.2) is 5.82 Å². The van der Waals surface area contributed by atoms with Gasteiger partial charge in [0.25, 0.3) is 5.56 Å². The van der Waals surface area contributed by atoms with Gasteiger partial charge >= 0.3 is 0 Å². The highest BCUT2D eigenvalue weighted by molar-refractivity contribution is 7.09. The van der Waals surface area contributed by atoms with E-state index < -0.39 is 5.82 Å². The number of piperazine rings is 1. The number of nitrogens with zero attached hydrogens (tertiary/aromatic N) is 6. The lowest BCUT2D eigenvalue weighted by atomic mass is 10.2. The van der Waals surface area contributed by atoms with E-state index in [1.54, 1.807) is 11.7 Å². The normalized spacial score (nSPS) is 14.6. The Bertz CT molecular complexity index is 1380. The van der Waals surface area contributed by atoms with Crippen molar-refractivity contribution >= 4 is 39.9 Å².